The van der Waals surface area contributed by atoms with Crippen LogP contribution < -0.4 is 5.32 Å². The van der Waals surface area contributed by atoms with E-state index in [1.807, 2.05) is 6.08 Å². The summed E-state index contributed by atoms with van der Waals surface area (Å²) in [5, 5.41) is 12.5. The van der Waals surface area contributed by atoms with Crippen LogP contribution in [-0.2, 0) is 23.6 Å². The molecule has 198 valence electrons. The Morgan fingerprint density at radius 2 is 1.86 bits per heavy atom. The number of hydrogen-bond donors (Lipinski definition) is 2. The fourth-order valence-corrected chi connectivity index (χ4v) is 5.26. The van der Waals surface area contributed by atoms with Crippen molar-refractivity contribution in [1.29, 1.82) is 0 Å². The summed E-state index contributed by atoms with van der Waals surface area (Å²) < 4.78 is 84.3. The highest BCUT2D eigenvalue weighted by Crippen LogP contribution is 2.38. The number of aliphatic imine (C=N–C) groups is 1. The minimum atomic E-state index is -4.90. The van der Waals surface area contributed by atoms with E-state index in [9.17, 15) is 36.2 Å². The van der Waals surface area contributed by atoms with Crippen LogP contribution in [0.25, 0.3) is 0 Å². The van der Waals surface area contributed by atoms with Crippen LogP contribution in [0.15, 0.2) is 34.2 Å². The van der Waals surface area contributed by atoms with Crippen LogP contribution >= 0.6 is 11.8 Å². The maximum absolute atomic E-state index is 13.5. The number of carbonyl (C=O) groups is 1. The van der Waals surface area contributed by atoms with Crippen molar-refractivity contribution in [3.05, 3.63) is 45.9 Å². The number of amidine groups is 1. The highest BCUT2D eigenvalue weighted by atomic mass is 32.2. The first-order chi connectivity index (χ1) is 16.9. The number of benzene rings is 1. The lowest BCUT2D eigenvalue weighted by Crippen LogP contribution is -2.37. The van der Waals surface area contributed by atoms with Crippen molar-refractivity contribution in [3.63, 3.8) is 0 Å². The van der Waals surface area contributed by atoms with Crippen molar-refractivity contribution in [2.24, 2.45) is 10.9 Å². The molecule has 13 heteroatoms. The Kier molecular flexibility index (Phi) is 8.03. The van der Waals surface area contributed by atoms with Gasteiger partial charge in [-0.05, 0) is 67.7 Å². The van der Waals surface area contributed by atoms with Crippen LogP contribution in [0.3, 0.4) is 0 Å². The van der Waals surface area contributed by atoms with Gasteiger partial charge in [-0.25, -0.2) is 0 Å². The molecule has 1 aromatic rings. The molecule has 36 heavy (non-hydrogen) atoms. The molecule has 3 aliphatic rings. The first-order valence-corrected chi connectivity index (χ1v) is 12.3. The number of halogens is 6. The molecule has 3 fully saturated rings. The van der Waals surface area contributed by atoms with E-state index in [4.69, 9.17) is 4.74 Å². The summed E-state index contributed by atoms with van der Waals surface area (Å²) in [5.74, 6) is 0.453. The van der Waals surface area contributed by atoms with Gasteiger partial charge >= 0.3 is 12.4 Å². The maximum Gasteiger partial charge on any atom is 0.416 e. The first-order valence-electron chi connectivity index (χ1n) is 11.4. The summed E-state index contributed by atoms with van der Waals surface area (Å²) in [4.78, 5) is 18.9. The molecule has 0 bridgehead atoms. The van der Waals surface area contributed by atoms with E-state index >= 15 is 0 Å². The minimum absolute atomic E-state index is 0.0518. The predicted molar refractivity (Wildman–Crippen MR) is 121 cm³/mol. The monoisotopic (exact) mass is 537 g/mol. The molecule has 3 saturated heterocycles. The maximum atomic E-state index is 13.5. The van der Waals surface area contributed by atoms with Gasteiger partial charge in [0.15, 0.2) is 0 Å². The third kappa shape index (κ3) is 6.61. The summed E-state index contributed by atoms with van der Waals surface area (Å²) in [7, 11) is 0. The molecule has 1 aromatic carbocycles. The Hall–Kier alpha value is -2.09. The lowest BCUT2D eigenvalue weighted by Gasteiger charge is -2.31. The molecule has 0 aliphatic carbocycles. The summed E-state index contributed by atoms with van der Waals surface area (Å²) in [6.07, 6.45) is -6.85. The average molecular weight is 538 g/mol. The molecule has 4 rings (SSSR count). The molecular formula is C23H25F6N3O3S. The molecule has 3 aliphatic heterocycles. The van der Waals surface area contributed by atoms with Gasteiger partial charge in [0, 0.05) is 13.2 Å². The molecule has 0 saturated carbocycles. The van der Waals surface area contributed by atoms with Crippen molar-refractivity contribution in [1.82, 2.24) is 10.2 Å². The quantitative estimate of drug-likeness (QED) is 0.539. The van der Waals surface area contributed by atoms with E-state index in [0.29, 0.717) is 55.8 Å². The number of aliphatic hydroxyl groups excluding tert-OH is 1. The molecule has 2 unspecified atom stereocenters. The van der Waals surface area contributed by atoms with Crippen LogP contribution in [0.1, 0.15) is 36.0 Å². The number of aliphatic hydroxyl groups is 1. The molecule has 2 atom stereocenters. The fraction of sp³-hybridized carbons (Fsp3) is 0.565. The van der Waals surface area contributed by atoms with Gasteiger partial charge in [0.2, 0.25) is 0 Å². The van der Waals surface area contributed by atoms with Crippen LogP contribution in [0.4, 0.5) is 31.1 Å². The van der Waals surface area contributed by atoms with Crippen molar-refractivity contribution in [2.45, 2.75) is 50.3 Å². The molecule has 1 amide bonds. The molecule has 3 heterocycles. The number of hydrogen-bond acceptors (Lipinski definition) is 6. The second-order valence-corrected chi connectivity index (χ2v) is 10.0. The predicted octanol–water partition coefficient (Wildman–Crippen LogP) is 4.82. The van der Waals surface area contributed by atoms with Gasteiger partial charge in [0.25, 0.3) is 5.24 Å². The number of nitrogens with one attached hydrogen (secondary N) is 1. The van der Waals surface area contributed by atoms with Crippen molar-refractivity contribution in [3.8, 4) is 0 Å². The van der Waals surface area contributed by atoms with Crippen LogP contribution in [0, 0.1) is 5.92 Å². The fourth-order valence-electron chi connectivity index (χ4n) is 4.46. The lowest BCUT2D eigenvalue weighted by molar-refractivity contribution is -0.143. The third-order valence-electron chi connectivity index (χ3n) is 6.40. The normalized spacial score (nSPS) is 27.1. The van der Waals surface area contributed by atoms with Crippen LogP contribution in [-0.4, -0.2) is 59.5 Å². The van der Waals surface area contributed by atoms with Gasteiger partial charge in [-0.3, -0.25) is 14.7 Å². The summed E-state index contributed by atoms with van der Waals surface area (Å²) in [6, 6.07) is 1.37. The smallest absolute Gasteiger partial charge is 0.388 e. The zero-order valence-corrected chi connectivity index (χ0v) is 19.8. The van der Waals surface area contributed by atoms with E-state index in [0.717, 1.165) is 17.8 Å². The SMILES string of the molecule is O=C1NC(=NC2CCOCC2O)C(=CC2CCN(Cc3ccc(C(F)(F)F)cc3C(F)(F)F)CC2)S1. The number of allylic oxidation sites excluding steroid dienone is 1. The number of likely N-dealkylation sites (tertiary alicyclic amines) is 1. The van der Waals surface area contributed by atoms with Crippen LogP contribution in [0.5, 0.6) is 0 Å². The zero-order valence-electron chi connectivity index (χ0n) is 19.0. The van der Waals surface area contributed by atoms with Gasteiger partial charge in [-0.1, -0.05) is 12.1 Å². The van der Waals surface area contributed by atoms with E-state index < -0.39 is 29.6 Å². The number of rotatable bonds is 4. The Bertz CT molecular complexity index is 1030. The van der Waals surface area contributed by atoms with Crippen molar-refractivity contribution in [2.75, 3.05) is 26.3 Å². The molecule has 6 nitrogen and oxygen atoms in total. The topological polar surface area (TPSA) is 74.2 Å². The Balaban J connectivity index is 1.41. The van der Waals surface area contributed by atoms with Gasteiger partial charge in [-0.2, -0.15) is 26.3 Å². The first kappa shape index (κ1) is 27.0. The van der Waals surface area contributed by atoms with E-state index in [-0.39, 0.29) is 42.0 Å². The zero-order chi connectivity index (χ0) is 26.1. The van der Waals surface area contributed by atoms with E-state index in [2.05, 4.69) is 10.3 Å². The number of nitrogens with zero attached hydrogens (tertiary/aromatic N) is 2. The number of carbonyl (C=O) groups excluding carboxylic acids is 1. The third-order valence-corrected chi connectivity index (χ3v) is 7.23. The van der Waals surface area contributed by atoms with Crippen LogP contribution in [0.2, 0.25) is 0 Å². The summed E-state index contributed by atoms with van der Waals surface area (Å²) >= 11 is 1.01. The number of alkyl halides is 6. The van der Waals surface area contributed by atoms with E-state index in [1.54, 1.807) is 4.90 Å². The van der Waals surface area contributed by atoms with Gasteiger partial charge in [-0.15, -0.1) is 0 Å². The number of amides is 1. The summed E-state index contributed by atoms with van der Waals surface area (Å²) in [6.45, 7) is 1.43. The van der Waals surface area contributed by atoms with Gasteiger partial charge in [0.1, 0.15) is 5.84 Å². The lowest BCUT2D eigenvalue weighted by atomic mass is 9.95. The molecular weight excluding hydrogens is 512 g/mol. The second kappa shape index (κ2) is 10.7. The molecule has 0 radical (unpaired) electrons. The Morgan fingerprint density at radius 3 is 2.50 bits per heavy atom. The van der Waals surface area contributed by atoms with E-state index in [1.165, 1.54) is 0 Å². The largest absolute Gasteiger partial charge is 0.416 e. The number of piperidine rings is 1. The second-order valence-electron chi connectivity index (χ2n) is 9.00. The Morgan fingerprint density at radius 1 is 1.14 bits per heavy atom. The Labute approximate surface area is 207 Å². The summed E-state index contributed by atoms with van der Waals surface area (Å²) in [5.41, 5.74) is -2.80. The van der Waals surface area contributed by atoms with Crippen molar-refractivity contribution < 1.29 is 41.0 Å². The van der Waals surface area contributed by atoms with Gasteiger partial charge < -0.3 is 15.2 Å². The number of thioether (sulfide) groups is 1. The minimum Gasteiger partial charge on any atom is -0.388 e. The molecule has 0 spiro atoms. The standard InChI is InChI=1S/C23H25F6N3O3S/c24-22(25,26)15-2-1-14(16(10-15)23(27,28)29)11-32-6-3-13(4-7-32)9-19-20(31-21(34)36-19)30-17-5-8-35-12-18(17)33/h1-2,9-10,13,17-18,33H,3-8,11-12H2,(H,30,31,34). The highest BCUT2D eigenvalue weighted by molar-refractivity contribution is 8.18. The average Bonchev–Trinajstić information content (AvgIpc) is 3.14. The van der Waals surface area contributed by atoms with Gasteiger partial charge in [0.05, 0.1) is 34.8 Å². The van der Waals surface area contributed by atoms with Crippen molar-refractivity contribution >= 4 is 22.8 Å². The molecule has 2 N–H and O–H groups in total. The molecule has 0 aromatic heterocycles. The number of ether oxygens (including phenoxy) is 1. The highest BCUT2D eigenvalue weighted by Gasteiger charge is 2.38.